The third-order valence-electron chi connectivity index (χ3n) is 3.24. The molecule has 0 spiro atoms. The van der Waals surface area contributed by atoms with E-state index in [0.29, 0.717) is 6.42 Å². The van der Waals surface area contributed by atoms with Crippen LogP contribution in [0.4, 0.5) is 10.5 Å². The van der Waals surface area contributed by atoms with Gasteiger partial charge in [0.2, 0.25) is 0 Å². The van der Waals surface area contributed by atoms with Crippen molar-refractivity contribution in [3.63, 3.8) is 0 Å². The summed E-state index contributed by atoms with van der Waals surface area (Å²) in [5.41, 5.74) is 1.92. The molecule has 118 valence electrons. The Morgan fingerprint density at radius 2 is 2.05 bits per heavy atom. The molecule has 3 N–H and O–H groups in total. The molecule has 0 aliphatic rings. The van der Waals surface area contributed by atoms with Crippen LogP contribution in [-0.2, 0) is 6.54 Å². The minimum absolute atomic E-state index is 0.0278. The van der Waals surface area contributed by atoms with E-state index in [-0.39, 0.29) is 24.6 Å². The molecular weight excluding hydrogens is 266 g/mol. The van der Waals surface area contributed by atoms with Crippen LogP contribution in [0.3, 0.4) is 0 Å². The maximum absolute atomic E-state index is 12.0. The van der Waals surface area contributed by atoms with Crippen molar-refractivity contribution in [3.8, 4) is 0 Å². The number of rotatable bonds is 7. The number of aliphatic hydroxyl groups is 1. The van der Waals surface area contributed by atoms with E-state index in [2.05, 4.69) is 15.5 Å². The summed E-state index contributed by atoms with van der Waals surface area (Å²) >= 11 is 0. The highest BCUT2D eigenvalue weighted by Crippen LogP contribution is 2.12. The summed E-state index contributed by atoms with van der Waals surface area (Å²) in [5.74, 6) is 0.281. The van der Waals surface area contributed by atoms with E-state index < -0.39 is 0 Å². The maximum Gasteiger partial charge on any atom is 0.319 e. The predicted octanol–water partition coefficient (Wildman–Crippen LogP) is 2.28. The van der Waals surface area contributed by atoms with Crippen molar-refractivity contribution in [1.82, 2.24) is 10.2 Å². The van der Waals surface area contributed by atoms with Gasteiger partial charge in [-0.1, -0.05) is 26.0 Å². The molecule has 0 fully saturated rings. The molecule has 0 saturated heterocycles. The molecule has 21 heavy (non-hydrogen) atoms. The van der Waals surface area contributed by atoms with Gasteiger partial charge < -0.3 is 20.6 Å². The number of benzene rings is 1. The summed E-state index contributed by atoms with van der Waals surface area (Å²) in [6.07, 6.45) is 0.561. The van der Waals surface area contributed by atoms with Crippen LogP contribution in [0.1, 0.15) is 25.8 Å². The van der Waals surface area contributed by atoms with Crippen molar-refractivity contribution in [2.75, 3.05) is 26.0 Å². The van der Waals surface area contributed by atoms with Crippen LogP contribution in [0.25, 0.3) is 0 Å². The highest BCUT2D eigenvalue weighted by Gasteiger charge is 2.15. The van der Waals surface area contributed by atoms with Gasteiger partial charge in [0.1, 0.15) is 0 Å². The van der Waals surface area contributed by atoms with Gasteiger partial charge in [0, 0.05) is 24.9 Å². The van der Waals surface area contributed by atoms with E-state index in [0.717, 1.165) is 17.8 Å². The van der Waals surface area contributed by atoms with Crippen molar-refractivity contribution < 1.29 is 9.90 Å². The predicted molar refractivity (Wildman–Crippen MR) is 86.3 cm³/mol. The second kappa shape index (κ2) is 8.64. The fraction of sp³-hybridized carbons (Fsp3) is 0.562. The van der Waals surface area contributed by atoms with E-state index in [4.69, 9.17) is 5.11 Å². The zero-order valence-electron chi connectivity index (χ0n) is 13.4. The normalized spacial score (nSPS) is 12.5. The Morgan fingerprint density at radius 1 is 1.33 bits per heavy atom. The molecule has 0 saturated carbocycles. The van der Waals surface area contributed by atoms with Crippen molar-refractivity contribution in [2.45, 2.75) is 32.9 Å². The van der Waals surface area contributed by atoms with Gasteiger partial charge in [0.15, 0.2) is 0 Å². The smallest absolute Gasteiger partial charge is 0.319 e. The first-order valence-electron chi connectivity index (χ1n) is 7.34. The molecule has 0 aromatic heterocycles. The largest absolute Gasteiger partial charge is 0.396 e. The summed E-state index contributed by atoms with van der Waals surface area (Å²) < 4.78 is 0. The van der Waals surface area contributed by atoms with E-state index in [1.807, 2.05) is 52.2 Å². The number of hydrogen-bond acceptors (Lipinski definition) is 3. The van der Waals surface area contributed by atoms with Crippen LogP contribution in [-0.4, -0.2) is 42.8 Å². The number of aliphatic hydroxyl groups excluding tert-OH is 1. The molecule has 0 aliphatic heterocycles. The number of amides is 2. The van der Waals surface area contributed by atoms with Gasteiger partial charge in [-0.2, -0.15) is 0 Å². The molecule has 0 radical (unpaired) electrons. The Morgan fingerprint density at radius 3 is 2.62 bits per heavy atom. The van der Waals surface area contributed by atoms with E-state index in [9.17, 15) is 4.79 Å². The van der Waals surface area contributed by atoms with E-state index in [1.165, 1.54) is 0 Å². The Hall–Kier alpha value is -1.59. The summed E-state index contributed by atoms with van der Waals surface area (Å²) in [5, 5.41) is 14.8. The van der Waals surface area contributed by atoms with Crippen molar-refractivity contribution in [1.29, 1.82) is 0 Å². The number of nitrogens with zero attached hydrogens (tertiary/aromatic N) is 1. The van der Waals surface area contributed by atoms with Crippen LogP contribution in [0.5, 0.6) is 0 Å². The zero-order chi connectivity index (χ0) is 15.8. The van der Waals surface area contributed by atoms with Gasteiger partial charge in [-0.05, 0) is 44.1 Å². The minimum atomic E-state index is -0.232. The molecule has 5 nitrogen and oxygen atoms in total. The molecule has 1 rings (SSSR count). The lowest BCUT2D eigenvalue weighted by atomic mass is 10.0. The number of carbonyl (C=O) groups is 1. The monoisotopic (exact) mass is 293 g/mol. The lowest BCUT2D eigenvalue weighted by molar-refractivity contribution is 0.227. The van der Waals surface area contributed by atoms with Gasteiger partial charge in [0.25, 0.3) is 0 Å². The molecule has 2 amide bonds. The number of urea groups is 1. The molecule has 1 aromatic carbocycles. The fourth-order valence-electron chi connectivity index (χ4n) is 2.16. The molecule has 1 unspecified atom stereocenters. The number of anilines is 1. The lowest BCUT2D eigenvalue weighted by Gasteiger charge is -2.21. The summed E-state index contributed by atoms with van der Waals surface area (Å²) in [6, 6.07) is 7.54. The highest BCUT2D eigenvalue weighted by molar-refractivity contribution is 5.89. The van der Waals surface area contributed by atoms with E-state index in [1.54, 1.807) is 0 Å². The second-order valence-electron chi connectivity index (χ2n) is 5.90. The SMILES string of the molecule is CC(C)C(CCO)NC(=O)Nc1cccc(CN(C)C)c1. The molecule has 1 atom stereocenters. The van der Waals surface area contributed by atoms with Gasteiger partial charge in [0.05, 0.1) is 0 Å². The zero-order valence-corrected chi connectivity index (χ0v) is 13.4. The quantitative estimate of drug-likeness (QED) is 0.722. The number of nitrogens with one attached hydrogen (secondary N) is 2. The van der Waals surface area contributed by atoms with Crippen molar-refractivity contribution >= 4 is 11.7 Å². The minimum Gasteiger partial charge on any atom is -0.396 e. The molecule has 0 aliphatic carbocycles. The molecule has 0 heterocycles. The van der Waals surface area contributed by atoms with Gasteiger partial charge in [-0.25, -0.2) is 4.79 Å². The van der Waals surface area contributed by atoms with Crippen LogP contribution < -0.4 is 10.6 Å². The first kappa shape index (κ1) is 17.5. The van der Waals surface area contributed by atoms with E-state index >= 15 is 0 Å². The van der Waals surface area contributed by atoms with Crippen LogP contribution in [0.15, 0.2) is 24.3 Å². The summed E-state index contributed by atoms with van der Waals surface area (Å²) in [7, 11) is 4.02. The maximum atomic E-state index is 12.0. The molecular formula is C16H27N3O2. The fourth-order valence-corrected chi connectivity index (χ4v) is 2.16. The van der Waals surface area contributed by atoms with Crippen molar-refractivity contribution in [2.24, 2.45) is 5.92 Å². The Balaban J connectivity index is 2.61. The Kier molecular flexibility index (Phi) is 7.19. The Labute approximate surface area is 127 Å². The average molecular weight is 293 g/mol. The van der Waals surface area contributed by atoms with Crippen LogP contribution in [0.2, 0.25) is 0 Å². The molecule has 0 bridgehead atoms. The van der Waals surface area contributed by atoms with Gasteiger partial charge in [-0.15, -0.1) is 0 Å². The summed E-state index contributed by atoms with van der Waals surface area (Å²) in [4.78, 5) is 14.1. The molecule has 1 aromatic rings. The van der Waals surface area contributed by atoms with Crippen LogP contribution in [0, 0.1) is 5.92 Å². The van der Waals surface area contributed by atoms with Crippen molar-refractivity contribution in [3.05, 3.63) is 29.8 Å². The third-order valence-corrected chi connectivity index (χ3v) is 3.24. The Bertz CT molecular complexity index is 447. The summed E-state index contributed by atoms with van der Waals surface area (Å²) in [6.45, 7) is 4.95. The lowest BCUT2D eigenvalue weighted by Crippen LogP contribution is -2.41. The van der Waals surface area contributed by atoms with Crippen LogP contribution >= 0.6 is 0 Å². The number of hydrogen-bond donors (Lipinski definition) is 3. The first-order chi connectivity index (χ1) is 9.92. The second-order valence-corrected chi connectivity index (χ2v) is 5.90. The first-order valence-corrected chi connectivity index (χ1v) is 7.34. The standard InChI is InChI=1S/C16H27N3O2/c1-12(2)15(8-9-20)18-16(21)17-14-7-5-6-13(10-14)11-19(3)4/h5-7,10,12,15,20H,8-9,11H2,1-4H3,(H2,17,18,21). The highest BCUT2D eigenvalue weighted by atomic mass is 16.3. The van der Waals surface area contributed by atoms with Gasteiger partial charge >= 0.3 is 6.03 Å². The topological polar surface area (TPSA) is 64.6 Å². The average Bonchev–Trinajstić information content (AvgIpc) is 2.37. The number of carbonyl (C=O) groups excluding carboxylic acids is 1. The molecule has 5 heteroatoms. The van der Waals surface area contributed by atoms with Gasteiger partial charge in [-0.3, -0.25) is 0 Å². The third kappa shape index (κ3) is 6.60.